The number of carbonyl (C=O) groups is 2. The molecule has 0 aliphatic rings. The molecule has 6 heteroatoms. The van der Waals surface area contributed by atoms with E-state index < -0.39 is 18.2 Å². The predicted molar refractivity (Wildman–Crippen MR) is 264 cm³/mol. The molecule has 0 radical (unpaired) electrons. The third kappa shape index (κ3) is 44.7. The summed E-state index contributed by atoms with van der Waals surface area (Å²) >= 11 is 0. The minimum absolute atomic E-state index is 0.0736. The van der Waals surface area contributed by atoms with Crippen LogP contribution < -0.4 is 5.32 Å². The minimum atomic E-state index is -0.787. The van der Waals surface area contributed by atoms with Crippen LogP contribution in [0.15, 0.2) is 24.3 Å². The molecule has 0 aromatic heterocycles. The zero-order valence-corrected chi connectivity index (χ0v) is 41.1. The zero-order chi connectivity index (χ0) is 44.5. The number of ether oxygens (including phenoxy) is 1. The summed E-state index contributed by atoms with van der Waals surface area (Å²) in [6.07, 6.45) is 56.6. The van der Waals surface area contributed by atoms with Crippen molar-refractivity contribution in [1.82, 2.24) is 5.32 Å². The lowest BCUT2D eigenvalue weighted by molar-refractivity contribution is -0.151. The molecule has 0 aliphatic carbocycles. The lowest BCUT2D eigenvalue weighted by atomic mass is 10.0. The van der Waals surface area contributed by atoms with Gasteiger partial charge in [-0.2, -0.15) is 0 Å². The van der Waals surface area contributed by atoms with Crippen LogP contribution in [-0.2, 0) is 14.3 Å². The fourth-order valence-corrected chi connectivity index (χ4v) is 8.40. The van der Waals surface area contributed by atoms with Crippen LogP contribution in [-0.4, -0.2) is 46.9 Å². The van der Waals surface area contributed by atoms with Crippen LogP contribution in [0.5, 0.6) is 0 Å². The minimum Gasteiger partial charge on any atom is -0.462 e. The van der Waals surface area contributed by atoms with Gasteiger partial charge in [-0.3, -0.25) is 9.59 Å². The highest BCUT2D eigenvalue weighted by Crippen LogP contribution is 2.18. The second-order valence-corrected chi connectivity index (χ2v) is 18.6. The lowest BCUT2D eigenvalue weighted by Crippen LogP contribution is -2.46. The summed E-state index contributed by atoms with van der Waals surface area (Å²) in [5.74, 6) is -0.472. The Bertz CT molecular complexity index is 966. The van der Waals surface area contributed by atoms with E-state index in [1.807, 2.05) is 0 Å². The van der Waals surface area contributed by atoms with E-state index in [0.29, 0.717) is 19.3 Å². The number of hydrogen-bond acceptors (Lipinski definition) is 5. The van der Waals surface area contributed by atoms with Gasteiger partial charge in [-0.25, -0.2) is 0 Å². The molecule has 360 valence electrons. The summed E-state index contributed by atoms with van der Waals surface area (Å²) in [5.41, 5.74) is 0. The first-order valence-corrected chi connectivity index (χ1v) is 27.1. The third-order valence-corrected chi connectivity index (χ3v) is 12.5. The average Bonchev–Trinajstić information content (AvgIpc) is 3.25. The fourth-order valence-electron chi connectivity index (χ4n) is 8.40. The van der Waals surface area contributed by atoms with Gasteiger partial charge in [0.2, 0.25) is 5.91 Å². The SMILES string of the molecule is CCCCC/C=C\C/C=C\CCCCCCCC(CC(=O)NC(CO)C(O)CCCCCCCCCCCCCCCCC)OC(=O)CCCCCCCCCCCCCC. The third-order valence-electron chi connectivity index (χ3n) is 12.5. The van der Waals surface area contributed by atoms with Crippen molar-refractivity contribution in [2.45, 2.75) is 309 Å². The van der Waals surface area contributed by atoms with Crippen molar-refractivity contribution in [2.75, 3.05) is 6.61 Å². The quantitative estimate of drug-likeness (QED) is 0.0322. The van der Waals surface area contributed by atoms with Gasteiger partial charge in [0.05, 0.1) is 25.2 Å². The van der Waals surface area contributed by atoms with E-state index in [-0.39, 0.29) is 24.9 Å². The first-order chi connectivity index (χ1) is 30.0. The van der Waals surface area contributed by atoms with Crippen LogP contribution in [0.3, 0.4) is 0 Å². The van der Waals surface area contributed by atoms with E-state index in [4.69, 9.17) is 4.74 Å². The molecule has 3 atom stereocenters. The Morgan fingerprint density at radius 2 is 0.836 bits per heavy atom. The van der Waals surface area contributed by atoms with E-state index in [2.05, 4.69) is 50.4 Å². The second kappa shape index (κ2) is 49.4. The van der Waals surface area contributed by atoms with Crippen molar-refractivity contribution in [3.63, 3.8) is 0 Å². The smallest absolute Gasteiger partial charge is 0.306 e. The van der Waals surface area contributed by atoms with Gasteiger partial charge in [0.15, 0.2) is 0 Å². The zero-order valence-electron chi connectivity index (χ0n) is 41.1. The van der Waals surface area contributed by atoms with Gasteiger partial charge < -0.3 is 20.3 Å². The predicted octanol–water partition coefficient (Wildman–Crippen LogP) is 16.3. The summed E-state index contributed by atoms with van der Waals surface area (Å²) in [7, 11) is 0. The highest BCUT2D eigenvalue weighted by Gasteiger charge is 2.24. The van der Waals surface area contributed by atoms with Gasteiger partial charge in [0, 0.05) is 6.42 Å². The second-order valence-electron chi connectivity index (χ2n) is 18.6. The molecule has 3 N–H and O–H groups in total. The number of unbranched alkanes of at least 4 members (excludes halogenated alkanes) is 33. The number of allylic oxidation sites excluding steroid dienone is 4. The van der Waals surface area contributed by atoms with Crippen LogP contribution in [0.1, 0.15) is 290 Å². The molecule has 6 nitrogen and oxygen atoms in total. The van der Waals surface area contributed by atoms with Gasteiger partial charge in [-0.05, 0) is 57.8 Å². The average molecular weight is 860 g/mol. The van der Waals surface area contributed by atoms with E-state index in [1.54, 1.807) is 0 Å². The molecule has 3 unspecified atom stereocenters. The number of aliphatic hydroxyl groups is 2. The van der Waals surface area contributed by atoms with Crippen LogP contribution in [0.4, 0.5) is 0 Å². The number of rotatable bonds is 49. The van der Waals surface area contributed by atoms with E-state index in [9.17, 15) is 19.8 Å². The fraction of sp³-hybridized carbons (Fsp3) is 0.891. The van der Waals surface area contributed by atoms with Crippen molar-refractivity contribution in [1.29, 1.82) is 0 Å². The molecule has 0 aromatic rings. The molecule has 61 heavy (non-hydrogen) atoms. The highest BCUT2D eigenvalue weighted by molar-refractivity contribution is 5.77. The summed E-state index contributed by atoms with van der Waals surface area (Å²) in [6, 6.07) is -0.701. The Morgan fingerprint density at radius 3 is 1.28 bits per heavy atom. The molecular weight excluding hydrogens is 755 g/mol. The van der Waals surface area contributed by atoms with Crippen molar-refractivity contribution >= 4 is 11.9 Å². The van der Waals surface area contributed by atoms with Gasteiger partial charge in [0.1, 0.15) is 6.10 Å². The van der Waals surface area contributed by atoms with Gasteiger partial charge >= 0.3 is 5.97 Å². The first-order valence-electron chi connectivity index (χ1n) is 27.1. The van der Waals surface area contributed by atoms with Gasteiger partial charge in [0.25, 0.3) is 0 Å². The molecule has 0 aromatic carbocycles. The summed E-state index contributed by atoms with van der Waals surface area (Å²) < 4.78 is 5.94. The molecule has 0 aliphatic heterocycles. The van der Waals surface area contributed by atoms with Crippen LogP contribution >= 0.6 is 0 Å². The summed E-state index contributed by atoms with van der Waals surface area (Å²) in [6.45, 7) is 6.48. The van der Waals surface area contributed by atoms with E-state index in [1.165, 1.54) is 180 Å². The number of carbonyl (C=O) groups excluding carboxylic acids is 2. The van der Waals surface area contributed by atoms with Gasteiger partial charge in [-0.15, -0.1) is 0 Å². The number of amides is 1. The Hall–Kier alpha value is -1.66. The Balaban J connectivity index is 4.54. The van der Waals surface area contributed by atoms with Crippen molar-refractivity contribution in [2.24, 2.45) is 0 Å². The van der Waals surface area contributed by atoms with E-state index >= 15 is 0 Å². The Morgan fingerprint density at radius 1 is 0.475 bits per heavy atom. The first kappa shape index (κ1) is 59.3. The molecule has 0 heterocycles. The lowest BCUT2D eigenvalue weighted by Gasteiger charge is -2.24. The maximum atomic E-state index is 13.2. The van der Waals surface area contributed by atoms with Gasteiger partial charge in [-0.1, -0.05) is 244 Å². The molecule has 0 saturated heterocycles. The largest absolute Gasteiger partial charge is 0.462 e. The van der Waals surface area contributed by atoms with Crippen molar-refractivity contribution < 1.29 is 24.5 Å². The molecular formula is C55H105NO5. The normalized spacial score (nSPS) is 13.3. The number of esters is 1. The monoisotopic (exact) mass is 860 g/mol. The van der Waals surface area contributed by atoms with Crippen LogP contribution in [0, 0.1) is 0 Å². The summed E-state index contributed by atoms with van der Waals surface area (Å²) in [5, 5.41) is 23.8. The summed E-state index contributed by atoms with van der Waals surface area (Å²) in [4.78, 5) is 26.2. The van der Waals surface area contributed by atoms with Crippen molar-refractivity contribution in [3.05, 3.63) is 24.3 Å². The molecule has 0 rings (SSSR count). The number of aliphatic hydroxyl groups excluding tert-OH is 2. The molecule has 1 amide bonds. The topological polar surface area (TPSA) is 95.9 Å². The van der Waals surface area contributed by atoms with Crippen LogP contribution in [0.25, 0.3) is 0 Å². The highest BCUT2D eigenvalue weighted by atomic mass is 16.5. The van der Waals surface area contributed by atoms with E-state index in [0.717, 1.165) is 64.2 Å². The molecule has 0 saturated carbocycles. The molecule has 0 spiro atoms. The maximum absolute atomic E-state index is 13.2. The number of hydrogen-bond donors (Lipinski definition) is 3. The number of nitrogens with one attached hydrogen (secondary N) is 1. The standard InChI is InChI=1S/C55H105NO5/c1-4-7-10-13-16-19-22-25-27-29-31-34-37-40-43-46-51(61-55(60)48-45-42-39-36-33-24-21-18-15-12-9-6-3)49-54(59)56-52(50-57)53(58)47-44-41-38-35-32-30-28-26-23-20-17-14-11-8-5-2/h16,19,25,27,51-53,57-58H,4-15,17-18,20-24,26,28-50H2,1-3H3,(H,56,59)/b19-16-,27-25-. The molecule has 0 fully saturated rings. The van der Waals surface area contributed by atoms with Crippen LogP contribution in [0.2, 0.25) is 0 Å². The molecule has 0 bridgehead atoms. The maximum Gasteiger partial charge on any atom is 0.306 e. The Labute approximate surface area is 380 Å². The Kier molecular flexibility index (Phi) is 48.0. The van der Waals surface area contributed by atoms with Crippen molar-refractivity contribution in [3.8, 4) is 0 Å².